The van der Waals surface area contributed by atoms with Crippen LogP contribution in [0.15, 0.2) is 23.5 Å². The van der Waals surface area contributed by atoms with Gasteiger partial charge in [0.05, 0.1) is 21.4 Å². The third kappa shape index (κ3) is 2.94. The highest BCUT2D eigenvalue weighted by atomic mass is 35.5. The smallest absolute Gasteiger partial charge is 0.169 e. The summed E-state index contributed by atoms with van der Waals surface area (Å²) in [4.78, 5) is 0. The topological polar surface area (TPSA) is 112 Å². The molecule has 1 aromatic carbocycles. The van der Waals surface area contributed by atoms with Crippen LogP contribution in [0.5, 0.6) is 0 Å². The number of nitriles is 2. The van der Waals surface area contributed by atoms with Crippen molar-refractivity contribution in [2.24, 2.45) is 5.73 Å². The molecule has 0 fully saturated rings. The molecule has 1 aromatic rings. The molecule has 0 amide bonds. The summed E-state index contributed by atoms with van der Waals surface area (Å²) in [5.74, 6) is -0.0971. The molecule has 0 aliphatic carbocycles. The first-order valence-electron chi connectivity index (χ1n) is 4.31. The van der Waals surface area contributed by atoms with Crippen LogP contribution in [-0.4, -0.2) is 0 Å². The van der Waals surface area contributed by atoms with Crippen molar-refractivity contribution in [2.45, 2.75) is 0 Å². The largest absolute Gasteiger partial charge is 0.397 e. The lowest BCUT2D eigenvalue weighted by Gasteiger charge is -2.10. The lowest BCUT2D eigenvalue weighted by molar-refractivity contribution is 1.27. The van der Waals surface area contributed by atoms with Gasteiger partial charge in [0.1, 0.15) is 18.0 Å². The molecular formula is C10H7Cl2N5. The molecule has 0 bridgehead atoms. The van der Waals surface area contributed by atoms with Crippen molar-refractivity contribution in [1.29, 1.82) is 10.5 Å². The van der Waals surface area contributed by atoms with Gasteiger partial charge in [-0.15, -0.1) is 0 Å². The monoisotopic (exact) mass is 267 g/mol. The van der Waals surface area contributed by atoms with Crippen molar-refractivity contribution in [3.63, 3.8) is 0 Å². The minimum Gasteiger partial charge on any atom is -0.397 e. The fraction of sp³-hybridized carbons (Fsp3) is 0. The molecule has 0 saturated carbocycles. The number of rotatable bonds is 2. The second-order valence-corrected chi connectivity index (χ2v) is 3.81. The van der Waals surface area contributed by atoms with Gasteiger partial charge >= 0.3 is 0 Å². The van der Waals surface area contributed by atoms with Crippen molar-refractivity contribution in [3.05, 3.63) is 33.6 Å². The van der Waals surface area contributed by atoms with E-state index in [2.05, 4.69) is 5.32 Å². The Balaban J connectivity index is 3.15. The summed E-state index contributed by atoms with van der Waals surface area (Å²) in [6, 6.07) is 6.20. The van der Waals surface area contributed by atoms with E-state index in [4.69, 9.17) is 45.2 Å². The Hall–Kier alpha value is -2.08. The highest BCUT2D eigenvalue weighted by Crippen LogP contribution is 2.31. The maximum absolute atomic E-state index is 8.61. The molecule has 86 valence electrons. The van der Waals surface area contributed by atoms with E-state index in [1.165, 1.54) is 12.1 Å². The number of hydrogen-bond donors (Lipinski definition) is 3. The second-order valence-electron chi connectivity index (χ2n) is 2.99. The summed E-state index contributed by atoms with van der Waals surface area (Å²) >= 11 is 11.6. The molecule has 0 atom stereocenters. The lowest BCUT2D eigenvalue weighted by atomic mass is 10.2. The van der Waals surface area contributed by atoms with Crippen LogP contribution in [0.3, 0.4) is 0 Å². The summed E-state index contributed by atoms with van der Waals surface area (Å²) < 4.78 is 0. The zero-order valence-corrected chi connectivity index (χ0v) is 9.97. The van der Waals surface area contributed by atoms with Gasteiger partial charge in [-0.05, 0) is 12.1 Å². The summed E-state index contributed by atoms with van der Waals surface area (Å²) in [7, 11) is 0. The van der Waals surface area contributed by atoms with E-state index in [-0.39, 0.29) is 16.4 Å². The fourth-order valence-electron chi connectivity index (χ4n) is 1.02. The first kappa shape index (κ1) is 13.0. The molecule has 0 spiro atoms. The Bertz CT molecular complexity index is 549. The van der Waals surface area contributed by atoms with Crippen LogP contribution < -0.4 is 16.8 Å². The quantitative estimate of drug-likeness (QED) is 0.562. The van der Waals surface area contributed by atoms with E-state index in [1.54, 1.807) is 12.1 Å². The molecule has 0 aromatic heterocycles. The molecule has 0 heterocycles. The predicted octanol–water partition coefficient (Wildman–Crippen LogP) is 2.20. The number of nitrogens with zero attached hydrogens (tertiary/aromatic N) is 2. The molecule has 5 nitrogen and oxygen atoms in total. The van der Waals surface area contributed by atoms with Gasteiger partial charge in [0, 0.05) is 0 Å². The standard InChI is InChI=1S/C10H7Cl2N5/c11-6-1-8(15)9(2-7(6)12)17-10(16)5(3-13)4-14/h1-2,17H,15-16H2. The van der Waals surface area contributed by atoms with E-state index in [9.17, 15) is 0 Å². The SMILES string of the molecule is N#CC(C#N)=C(N)Nc1cc(Cl)c(Cl)cc1N. The normalized spacial score (nSPS) is 8.94. The van der Waals surface area contributed by atoms with Crippen LogP contribution in [0.2, 0.25) is 10.0 Å². The van der Waals surface area contributed by atoms with Crippen LogP contribution in [0, 0.1) is 22.7 Å². The van der Waals surface area contributed by atoms with Crippen LogP contribution >= 0.6 is 23.2 Å². The number of halogens is 2. The number of nitrogen functional groups attached to an aromatic ring is 1. The third-order valence-corrected chi connectivity index (χ3v) is 2.58. The van der Waals surface area contributed by atoms with E-state index < -0.39 is 0 Å². The van der Waals surface area contributed by atoms with Gasteiger partial charge < -0.3 is 16.8 Å². The van der Waals surface area contributed by atoms with Gasteiger partial charge in [-0.25, -0.2) is 0 Å². The maximum Gasteiger partial charge on any atom is 0.169 e. The van der Waals surface area contributed by atoms with Gasteiger partial charge in [-0.1, -0.05) is 23.2 Å². The summed E-state index contributed by atoms with van der Waals surface area (Å²) in [5, 5.41) is 20.4. The first-order chi connectivity index (χ1) is 7.99. The van der Waals surface area contributed by atoms with Gasteiger partial charge in [-0.3, -0.25) is 0 Å². The van der Waals surface area contributed by atoms with E-state index >= 15 is 0 Å². The minimum atomic E-state index is -0.240. The average molecular weight is 268 g/mol. The van der Waals surface area contributed by atoms with E-state index in [0.717, 1.165) is 0 Å². The average Bonchev–Trinajstić information content (AvgIpc) is 2.27. The van der Waals surface area contributed by atoms with Crippen molar-refractivity contribution in [3.8, 4) is 12.1 Å². The van der Waals surface area contributed by atoms with Gasteiger partial charge in [0.15, 0.2) is 5.57 Å². The Morgan fingerprint density at radius 3 is 2.24 bits per heavy atom. The van der Waals surface area contributed by atoms with Gasteiger partial charge in [0.2, 0.25) is 0 Å². The number of benzene rings is 1. The molecule has 0 saturated heterocycles. The van der Waals surface area contributed by atoms with Crippen molar-refractivity contribution >= 4 is 34.6 Å². The minimum absolute atomic E-state index is 0.0971. The van der Waals surface area contributed by atoms with Crippen molar-refractivity contribution in [2.75, 3.05) is 11.1 Å². The number of nitrogens with two attached hydrogens (primary N) is 2. The number of anilines is 2. The van der Waals surface area contributed by atoms with Crippen LogP contribution in [0.25, 0.3) is 0 Å². The van der Waals surface area contributed by atoms with Crippen molar-refractivity contribution < 1.29 is 0 Å². The van der Waals surface area contributed by atoms with Gasteiger partial charge in [-0.2, -0.15) is 10.5 Å². The number of hydrogen-bond acceptors (Lipinski definition) is 5. The summed E-state index contributed by atoms with van der Waals surface area (Å²) in [5.41, 5.74) is 11.6. The number of nitrogens with one attached hydrogen (secondary N) is 1. The number of allylic oxidation sites excluding steroid dienone is 1. The predicted molar refractivity (Wildman–Crippen MR) is 66.9 cm³/mol. The van der Waals surface area contributed by atoms with E-state index in [1.807, 2.05) is 0 Å². The molecule has 7 heteroatoms. The molecule has 1 rings (SSSR count). The van der Waals surface area contributed by atoms with Crippen molar-refractivity contribution in [1.82, 2.24) is 0 Å². The molecule has 17 heavy (non-hydrogen) atoms. The molecule has 5 N–H and O–H groups in total. The fourth-order valence-corrected chi connectivity index (χ4v) is 1.36. The Morgan fingerprint density at radius 2 is 1.71 bits per heavy atom. The molecular weight excluding hydrogens is 261 g/mol. The highest BCUT2D eigenvalue weighted by molar-refractivity contribution is 6.42. The lowest BCUT2D eigenvalue weighted by Crippen LogP contribution is -2.13. The van der Waals surface area contributed by atoms with Crippen LogP contribution in [0.4, 0.5) is 11.4 Å². The summed E-state index contributed by atoms with van der Waals surface area (Å²) in [6.45, 7) is 0. The molecule has 0 aliphatic rings. The maximum atomic E-state index is 8.61. The second kappa shape index (κ2) is 5.31. The van der Waals surface area contributed by atoms with Crippen LogP contribution in [-0.2, 0) is 0 Å². The van der Waals surface area contributed by atoms with Crippen LogP contribution in [0.1, 0.15) is 0 Å². The van der Waals surface area contributed by atoms with Gasteiger partial charge in [0.25, 0.3) is 0 Å². The zero-order valence-electron chi connectivity index (χ0n) is 8.46. The molecule has 0 radical (unpaired) electrons. The third-order valence-electron chi connectivity index (χ3n) is 1.85. The Labute approximate surface area is 108 Å². The highest BCUT2D eigenvalue weighted by Gasteiger charge is 2.08. The molecule has 0 aliphatic heterocycles. The Kier molecular flexibility index (Phi) is 4.06. The summed E-state index contributed by atoms with van der Waals surface area (Å²) in [6.07, 6.45) is 0. The first-order valence-corrected chi connectivity index (χ1v) is 5.06. The Morgan fingerprint density at radius 1 is 1.18 bits per heavy atom. The molecule has 0 unspecified atom stereocenters. The van der Waals surface area contributed by atoms with E-state index in [0.29, 0.717) is 16.4 Å². The zero-order chi connectivity index (χ0) is 13.0.